The number of nitrogens with one attached hydrogen (secondary N) is 1. The largest absolute Gasteiger partial charge is 0.478 e. The third kappa shape index (κ3) is 2.42. The summed E-state index contributed by atoms with van der Waals surface area (Å²) < 4.78 is 1.32. The highest BCUT2D eigenvalue weighted by Crippen LogP contribution is 2.34. The lowest BCUT2D eigenvalue weighted by molar-refractivity contribution is 0.0688. The van der Waals surface area contributed by atoms with E-state index < -0.39 is 5.97 Å². The Hall–Kier alpha value is -1.89. The molecule has 114 valence electrons. The first-order valence-electron chi connectivity index (χ1n) is 7.25. The average Bonchev–Trinajstić information content (AvgIpc) is 2.88. The molecule has 7 nitrogen and oxygen atoms in total. The molecule has 2 fully saturated rings. The SMILES string of the molecule is CN1C2CCC1CC(NC(=O)c1c(C(=O)O)cnn1C)C2. The Bertz CT molecular complexity index is 569. The minimum Gasteiger partial charge on any atom is -0.478 e. The van der Waals surface area contributed by atoms with E-state index in [0.717, 1.165) is 12.8 Å². The van der Waals surface area contributed by atoms with Crippen LogP contribution in [0, 0.1) is 0 Å². The third-order valence-electron chi connectivity index (χ3n) is 4.82. The fourth-order valence-electron chi connectivity index (χ4n) is 3.65. The van der Waals surface area contributed by atoms with Crippen LogP contribution in [0.4, 0.5) is 0 Å². The first-order valence-corrected chi connectivity index (χ1v) is 7.25. The summed E-state index contributed by atoms with van der Waals surface area (Å²) in [4.78, 5) is 25.9. The number of aromatic nitrogens is 2. The smallest absolute Gasteiger partial charge is 0.339 e. The molecule has 2 bridgehead atoms. The molecule has 1 aromatic heterocycles. The van der Waals surface area contributed by atoms with Gasteiger partial charge in [-0.2, -0.15) is 5.10 Å². The maximum absolute atomic E-state index is 12.4. The summed E-state index contributed by atoms with van der Waals surface area (Å²) in [7, 11) is 3.73. The van der Waals surface area contributed by atoms with E-state index in [-0.39, 0.29) is 23.2 Å². The summed E-state index contributed by atoms with van der Waals surface area (Å²) in [5, 5.41) is 16.0. The van der Waals surface area contributed by atoms with Gasteiger partial charge in [-0.1, -0.05) is 0 Å². The van der Waals surface area contributed by atoms with Crippen molar-refractivity contribution in [2.24, 2.45) is 7.05 Å². The summed E-state index contributed by atoms with van der Waals surface area (Å²) in [6.07, 6.45) is 5.44. The molecule has 3 rings (SSSR count). The van der Waals surface area contributed by atoms with E-state index in [1.54, 1.807) is 7.05 Å². The van der Waals surface area contributed by atoms with Crippen molar-refractivity contribution >= 4 is 11.9 Å². The summed E-state index contributed by atoms with van der Waals surface area (Å²) in [6, 6.07) is 1.17. The molecule has 2 atom stereocenters. The number of fused-ring (bicyclic) bond motifs is 2. The van der Waals surface area contributed by atoms with Crippen molar-refractivity contribution in [2.45, 2.75) is 43.8 Å². The van der Waals surface area contributed by atoms with Crippen molar-refractivity contribution in [1.29, 1.82) is 0 Å². The van der Waals surface area contributed by atoms with Gasteiger partial charge in [0.15, 0.2) is 0 Å². The zero-order valence-electron chi connectivity index (χ0n) is 12.2. The average molecular weight is 292 g/mol. The van der Waals surface area contributed by atoms with Gasteiger partial charge in [-0.15, -0.1) is 0 Å². The normalized spacial score (nSPS) is 28.6. The Morgan fingerprint density at radius 2 is 1.90 bits per heavy atom. The van der Waals surface area contributed by atoms with Gasteiger partial charge in [-0.05, 0) is 32.7 Å². The van der Waals surface area contributed by atoms with Crippen LogP contribution in [-0.2, 0) is 7.05 Å². The van der Waals surface area contributed by atoms with E-state index in [2.05, 4.69) is 22.4 Å². The molecule has 0 spiro atoms. The van der Waals surface area contributed by atoms with Crippen molar-refractivity contribution in [3.8, 4) is 0 Å². The second-order valence-corrected chi connectivity index (χ2v) is 6.03. The van der Waals surface area contributed by atoms with Crippen LogP contribution in [0.3, 0.4) is 0 Å². The fourth-order valence-corrected chi connectivity index (χ4v) is 3.65. The molecule has 1 aromatic rings. The lowest BCUT2D eigenvalue weighted by Crippen LogP contribution is -2.49. The highest BCUT2D eigenvalue weighted by Gasteiger charge is 2.39. The van der Waals surface area contributed by atoms with Crippen LogP contribution < -0.4 is 5.32 Å². The standard InChI is InChI=1S/C14H20N4O3/c1-17-9-3-4-10(17)6-8(5-9)16-13(19)12-11(14(20)21)7-15-18(12)2/h7-10H,3-6H2,1-2H3,(H,16,19)(H,20,21). The number of carboxylic acids is 1. The summed E-state index contributed by atoms with van der Waals surface area (Å²) in [5.41, 5.74) is 0.0691. The third-order valence-corrected chi connectivity index (χ3v) is 4.82. The van der Waals surface area contributed by atoms with Gasteiger partial charge in [-0.3, -0.25) is 9.48 Å². The topological polar surface area (TPSA) is 87.5 Å². The van der Waals surface area contributed by atoms with E-state index in [4.69, 9.17) is 5.11 Å². The number of aryl methyl sites for hydroxylation is 1. The maximum atomic E-state index is 12.4. The second kappa shape index (κ2) is 5.14. The predicted octanol–water partition coefficient (Wildman–Crippen LogP) is 0.473. The molecule has 7 heteroatoms. The second-order valence-electron chi connectivity index (χ2n) is 6.03. The number of aromatic carboxylic acids is 1. The van der Waals surface area contributed by atoms with Crippen LogP contribution in [0.1, 0.15) is 46.5 Å². The number of piperidine rings is 1. The molecule has 2 aliphatic rings. The number of carboxylic acid groups (broad SMARTS) is 1. The Kier molecular flexibility index (Phi) is 3.44. The maximum Gasteiger partial charge on any atom is 0.339 e. The molecule has 21 heavy (non-hydrogen) atoms. The van der Waals surface area contributed by atoms with Gasteiger partial charge in [0, 0.05) is 25.2 Å². The zero-order chi connectivity index (χ0) is 15.1. The minimum absolute atomic E-state index is 0.0501. The lowest BCUT2D eigenvalue weighted by Gasteiger charge is -2.36. The number of rotatable bonds is 3. The Balaban J connectivity index is 1.73. The van der Waals surface area contributed by atoms with Crippen molar-refractivity contribution in [3.63, 3.8) is 0 Å². The number of amides is 1. The van der Waals surface area contributed by atoms with Crippen molar-refractivity contribution < 1.29 is 14.7 Å². The van der Waals surface area contributed by atoms with Gasteiger partial charge in [-0.25, -0.2) is 4.79 Å². The molecule has 0 aliphatic carbocycles. The fraction of sp³-hybridized carbons (Fsp3) is 0.643. The molecular weight excluding hydrogens is 272 g/mol. The highest BCUT2D eigenvalue weighted by atomic mass is 16.4. The van der Waals surface area contributed by atoms with Crippen LogP contribution in [0.15, 0.2) is 6.20 Å². The van der Waals surface area contributed by atoms with E-state index in [1.807, 2.05) is 0 Å². The van der Waals surface area contributed by atoms with E-state index in [1.165, 1.54) is 23.7 Å². The van der Waals surface area contributed by atoms with Gasteiger partial charge in [0.2, 0.25) is 0 Å². The molecule has 3 heterocycles. The molecule has 0 saturated carbocycles. The molecular formula is C14H20N4O3. The molecule has 0 aromatic carbocycles. The number of nitrogens with zero attached hydrogens (tertiary/aromatic N) is 3. The summed E-state index contributed by atoms with van der Waals surface area (Å²) in [5.74, 6) is -1.47. The zero-order valence-corrected chi connectivity index (χ0v) is 12.2. The van der Waals surface area contributed by atoms with Crippen LogP contribution in [0.2, 0.25) is 0 Å². The lowest BCUT2D eigenvalue weighted by atomic mass is 9.98. The molecule has 2 aliphatic heterocycles. The first kappa shape index (κ1) is 14.1. The number of hydrogen-bond donors (Lipinski definition) is 2. The predicted molar refractivity (Wildman–Crippen MR) is 75.2 cm³/mol. The minimum atomic E-state index is -1.13. The van der Waals surface area contributed by atoms with Gasteiger partial charge >= 0.3 is 5.97 Å². The number of carbonyl (C=O) groups excluding carboxylic acids is 1. The van der Waals surface area contributed by atoms with Gasteiger partial charge in [0.25, 0.3) is 5.91 Å². The number of carbonyl (C=O) groups is 2. The number of hydrogen-bond acceptors (Lipinski definition) is 4. The van der Waals surface area contributed by atoms with E-state index in [9.17, 15) is 9.59 Å². The molecule has 0 radical (unpaired) electrons. The Labute approximate surface area is 122 Å². The van der Waals surface area contributed by atoms with Crippen LogP contribution >= 0.6 is 0 Å². The van der Waals surface area contributed by atoms with Crippen LogP contribution in [-0.4, -0.2) is 56.8 Å². The Morgan fingerprint density at radius 1 is 1.29 bits per heavy atom. The van der Waals surface area contributed by atoms with Crippen LogP contribution in [0.25, 0.3) is 0 Å². The van der Waals surface area contributed by atoms with Gasteiger partial charge in [0.05, 0.1) is 6.20 Å². The summed E-state index contributed by atoms with van der Waals surface area (Å²) >= 11 is 0. The van der Waals surface area contributed by atoms with Crippen molar-refractivity contribution in [1.82, 2.24) is 20.0 Å². The molecule has 2 unspecified atom stereocenters. The quantitative estimate of drug-likeness (QED) is 0.846. The molecule has 2 N–H and O–H groups in total. The van der Waals surface area contributed by atoms with E-state index in [0.29, 0.717) is 12.1 Å². The molecule has 2 saturated heterocycles. The van der Waals surface area contributed by atoms with Gasteiger partial charge in [0.1, 0.15) is 11.3 Å². The molecule has 1 amide bonds. The Morgan fingerprint density at radius 3 is 2.48 bits per heavy atom. The van der Waals surface area contributed by atoms with Crippen molar-refractivity contribution in [2.75, 3.05) is 7.05 Å². The monoisotopic (exact) mass is 292 g/mol. The van der Waals surface area contributed by atoms with Crippen molar-refractivity contribution in [3.05, 3.63) is 17.5 Å². The first-order chi connectivity index (χ1) is 9.97. The highest BCUT2D eigenvalue weighted by molar-refractivity contribution is 6.03. The van der Waals surface area contributed by atoms with Crippen LogP contribution in [0.5, 0.6) is 0 Å². The van der Waals surface area contributed by atoms with E-state index >= 15 is 0 Å². The summed E-state index contributed by atoms with van der Waals surface area (Å²) in [6.45, 7) is 0. The van der Waals surface area contributed by atoms with Gasteiger partial charge < -0.3 is 15.3 Å².